The maximum absolute atomic E-state index is 5.97. The average Bonchev–Trinajstić information content (AvgIpc) is 2.92. The number of nitrogens with one attached hydrogen (secondary N) is 1. The lowest BCUT2D eigenvalue weighted by molar-refractivity contribution is 0.508. The fraction of sp³-hybridized carbons (Fsp3) is 0.438. The fourth-order valence-electron chi connectivity index (χ4n) is 2.65. The predicted octanol–water partition coefficient (Wildman–Crippen LogP) is 2.78. The molecule has 3 N–H and O–H groups in total. The standard InChI is InChI=1S/C16H22N6.HI/c1-11-6-7-13(9-12(11)2)19-16(17)18-10-15-21-20-14-5-3-4-8-22(14)15;/h6-7,9H,3-5,8,10H2,1-2H3,(H3,17,18,19);1H. The molecule has 0 fully saturated rings. The molecule has 0 saturated carbocycles. The number of aromatic nitrogens is 3. The molecule has 1 aliphatic heterocycles. The van der Waals surface area contributed by atoms with Crippen LogP contribution in [-0.4, -0.2) is 20.7 Å². The third kappa shape index (κ3) is 4.21. The topological polar surface area (TPSA) is 81.1 Å². The molecule has 23 heavy (non-hydrogen) atoms. The number of anilines is 1. The van der Waals surface area contributed by atoms with E-state index < -0.39 is 0 Å². The molecule has 1 aliphatic rings. The van der Waals surface area contributed by atoms with E-state index in [0.717, 1.165) is 30.3 Å². The van der Waals surface area contributed by atoms with Gasteiger partial charge in [0.1, 0.15) is 12.4 Å². The third-order valence-electron chi connectivity index (χ3n) is 4.11. The zero-order valence-corrected chi connectivity index (χ0v) is 15.9. The first kappa shape index (κ1) is 17.7. The summed E-state index contributed by atoms with van der Waals surface area (Å²) in [6.07, 6.45) is 3.38. The quantitative estimate of drug-likeness (QED) is 0.450. The molecular weight excluding hydrogens is 403 g/mol. The van der Waals surface area contributed by atoms with Gasteiger partial charge < -0.3 is 15.6 Å². The zero-order chi connectivity index (χ0) is 15.5. The van der Waals surface area contributed by atoms with E-state index in [4.69, 9.17) is 5.73 Å². The second kappa shape index (κ2) is 7.76. The number of aliphatic imine (C=N–C) groups is 1. The van der Waals surface area contributed by atoms with Crippen molar-refractivity contribution in [2.24, 2.45) is 10.7 Å². The highest BCUT2D eigenvalue weighted by Crippen LogP contribution is 2.15. The van der Waals surface area contributed by atoms with Crippen molar-refractivity contribution in [2.75, 3.05) is 5.32 Å². The normalized spacial score (nSPS) is 14.1. The molecule has 0 amide bonds. The Morgan fingerprint density at radius 2 is 2.09 bits per heavy atom. The Hall–Kier alpha value is -1.64. The van der Waals surface area contributed by atoms with Gasteiger partial charge >= 0.3 is 0 Å². The number of hydrogen-bond acceptors (Lipinski definition) is 3. The maximum atomic E-state index is 5.97. The van der Waals surface area contributed by atoms with E-state index in [1.165, 1.54) is 24.0 Å². The minimum atomic E-state index is 0. The molecule has 0 aliphatic carbocycles. The van der Waals surface area contributed by atoms with Crippen molar-refractivity contribution in [1.29, 1.82) is 0 Å². The smallest absolute Gasteiger partial charge is 0.193 e. The number of rotatable bonds is 3. The van der Waals surface area contributed by atoms with Gasteiger partial charge in [-0.15, -0.1) is 34.2 Å². The van der Waals surface area contributed by atoms with Crippen LogP contribution in [0.2, 0.25) is 0 Å². The van der Waals surface area contributed by atoms with Gasteiger partial charge in [-0.05, 0) is 49.9 Å². The lowest BCUT2D eigenvalue weighted by atomic mass is 10.1. The van der Waals surface area contributed by atoms with Crippen molar-refractivity contribution >= 4 is 35.6 Å². The van der Waals surface area contributed by atoms with Crippen LogP contribution < -0.4 is 11.1 Å². The molecule has 2 heterocycles. The van der Waals surface area contributed by atoms with E-state index >= 15 is 0 Å². The number of halogens is 1. The van der Waals surface area contributed by atoms with Gasteiger partial charge in [0.05, 0.1) is 0 Å². The Labute approximate surface area is 153 Å². The van der Waals surface area contributed by atoms with Crippen LogP contribution in [-0.2, 0) is 19.5 Å². The highest BCUT2D eigenvalue weighted by atomic mass is 127. The van der Waals surface area contributed by atoms with Gasteiger partial charge in [0.2, 0.25) is 0 Å². The average molecular weight is 426 g/mol. The SMILES string of the molecule is Cc1ccc(NC(N)=NCc2nnc3n2CCCC3)cc1C.I. The summed E-state index contributed by atoms with van der Waals surface area (Å²) in [4.78, 5) is 4.38. The molecule has 124 valence electrons. The summed E-state index contributed by atoms with van der Waals surface area (Å²) in [5.41, 5.74) is 9.41. The number of hydrogen-bond donors (Lipinski definition) is 2. The van der Waals surface area contributed by atoms with Gasteiger partial charge in [-0.25, -0.2) is 4.99 Å². The summed E-state index contributed by atoms with van der Waals surface area (Å²) in [5.74, 6) is 2.35. The molecule has 3 rings (SSSR count). The zero-order valence-electron chi connectivity index (χ0n) is 13.5. The molecule has 1 aromatic carbocycles. The fourth-order valence-corrected chi connectivity index (χ4v) is 2.65. The van der Waals surface area contributed by atoms with Crippen LogP contribution in [0, 0.1) is 13.8 Å². The lowest BCUT2D eigenvalue weighted by Crippen LogP contribution is -2.23. The van der Waals surface area contributed by atoms with Crippen molar-refractivity contribution < 1.29 is 0 Å². The molecule has 0 radical (unpaired) electrons. The third-order valence-corrected chi connectivity index (χ3v) is 4.11. The highest BCUT2D eigenvalue weighted by molar-refractivity contribution is 14.0. The molecule has 6 nitrogen and oxygen atoms in total. The van der Waals surface area contributed by atoms with Crippen LogP contribution in [0.4, 0.5) is 5.69 Å². The van der Waals surface area contributed by atoms with Crippen LogP contribution in [0.15, 0.2) is 23.2 Å². The first-order chi connectivity index (χ1) is 10.6. The van der Waals surface area contributed by atoms with Crippen LogP contribution in [0.3, 0.4) is 0 Å². The molecule has 0 atom stereocenters. The van der Waals surface area contributed by atoms with Crippen molar-refractivity contribution in [1.82, 2.24) is 14.8 Å². The summed E-state index contributed by atoms with van der Waals surface area (Å²) < 4.78 is 2.16. The number of fused-ring (bicyclic) bond motifs is 1. The molecule has 7 heteroatoms. The Bertz CT molecular complexity index is 707. The molecule has 0 unspecified atom stereocenters. The highest BCUT2D eigenvalue weighted by Gasteiger charge is 2.15. The molecule has 2 aromatic rings. The van der Waals surface area contributed by atoms with Gasteiger partial charge in [-0.1, -0.05) is 6.07 Å². The van der Waals surface area contributed by atoms with Gasteiger partial charge in [0.15, 0.2) is 11.8 Å². The maximum Gasteiger partial charge on any atom is 0.193 e. The molecule has 0 saturated heterocycles. The molecule has 0 spiro atoms. The Morgan fingerprint density at radius 1 is 1.26 bits per heavy atom. The number of nitrogens with zero attached hydrogens (tertiary/aromatic N) is 4. The van der Waals surface area contributed by atoms with Crippen molar-refractivity contribution in [3.63, 3.8) is 0 Å². The van der Waals surface area contributed by atoms with Gasteiger partial charge in [-0.2, -0.15) is 0 Å². The predicted molar refractivity (Wildman–Crippen MR) is 103 cm³/mol. The van der Waals surface area contributed by atoms with Crippen molar-refractivity contribution in [2.45, 2.75) is 46.2 Å². The minimum absolute atomic E-state index is 0. The Kier molecular flexibility index (Phi) is 5.97. The van der Waals surface area contributed by atoms with Crippen LogP contribution in [0.25, 0.3) is 0 Å². The number of benzene rings is 1. The number of nitrogens with two attached hydrogens (primary N) is 1. The van der Waals surface area contributed by atoms with E-state index in [1.807, 2.05) is 6.07 Å². The van der Waals surface area contributed by atoms with Crippen LogP contribution in [0.1, 0.15) is 35.6 Å². The summed E-state index contributed by atoms with van der Waals surface area (Å²) >= 11 is 0. The summed E-state index contributed by atoms with van der Waals surface area (Å²) in [6.45, 7) is 5.61. The Morgan fingerprint density at radius 3 is 2.87 bits per heavy atom. The van der Waals surface area contributed by atoms with Crippen LogP contribution >= 0.6 is 24.0 Å². The van der Waals surface area contributed by atoms with Crippen molar-refractivity contribution in [3.05, 3.63) is 41.0 Å². The largest absolute Gasteiger partial charge is 0.370 e. The monoisotopic (exact) mass is 426 g/mol. The minimum Gasteiger partial charge on any atom is -0.370 e. The van der Waals surface area contributed by atoms with Gasteiger partial charge in [0, 0.05) is 18.7 Å². The Balaban J connectivity index is 0.00000192. The summed E-state index contributed by atoms with van der Waals surface area (Å²) in [5, 5.41) is 11.6. The first-order valence-corrected chi connectivity index (χ1v) is 7.68. The van der Waals surface area contributed by atoms with E-state index in [1.54, 1.807) is 0 Å². The molecular formula is C16H23IN6. The summed E-state index contributed by atoms with van der Waals surface area (Å²) in [7, 11) is 0. The molecule has 1 aromatic heterocycles. The van der Waals surface area contributed by atoms with E-state index in [2.05, 4.69) is 51.1 Å². The van der Waals surface area contributed by atoms with Crippen LogP contribution in [0.5, 0.6) is 0 Å². The van der Waals surface area contributed by atoms with Crippen molar-refractivity contribution in [3.8, 4) is 0 Å². The molecule has 0 bridgehead atoms. The van der Waals surface area contributed by atoms with E-state index in [9.17, 15) is 0 Å². The van der Waals surface area contributed by atoms with E-state index in [-0.39, 0.29) is 24.0 Å². The van der Waals surface area contributed by atoms with Gasteiger partial charge in [-0.3, -0.25) is 0 Å². The number of aryl methyl sites for hydroxylation is 3. The first-order valence-electron chi connectivity index (χ1n) is 7.68. The van der Waals surface area contributed by atoms with Gasteiger partial charge in [0.25, 0.3) is 0 Å². The second-order valence-corrected chi connectivity index (χ2v) is 5.77. The summed E-state index contributed by atoms with van der Waals surface area (Å²) in [6, 6.07) is 6.14. The van der Waals surface area contributed by atoms with E-state index in [0.29, 0.717) is 12.5 Å². The second-order valence-electron chi connectivity index (χ2n) is 5.77. The lowest BCUT2D eigenvalue weighted by Gasteiger charge is -2.14. The number of guanidine groups is 1.